The summed E-state index contributed by atoms with van der Waals surface area (Å²) in [6.07, 6.45) is -4.52. The van der Waals surface area contributed by atoms with E-state index >= 15 is 0 Å². The molecule has 1 rings (SSSR count). The summed E-state index contributed by atoms with van der Waals surface area (Å²) in [7, 11) is 0. The quantitative estimate of drug-likeness (QED) is 0.532. The van der Waals surface area contributed by atoms with Crippen LogP contribution in [0.15, 0.2) is 0 Å². The number of carbonyl (C=O) groups excluding carboxylic acids is 2. The molecule has 0 spiro atoms. The van der Waals surface area contributed by atoms with Crippen LogP contribution < -0.4 is 0 Å². The highest BCUT2D eigenvalue weighted by Gasteiger charge is 2.37. The van der Waals surface area contributed by atoms with E-state index in [4.69, 9.17) is 9.47 Å². The van der Waals surface area contributed by atoms with Gasteiger partial charge in [0.2, 0.25) is 0 Å². The predicted octanol–water partition coefficient (Wildman–Crippen LogP) is -0.779. The minimum Gasteiger partial charge on any atom is -0.459 e. The second-order valence-corrected chi connectivity index (χ2v) is 4.01. The number of esters is 2. The number of aliphatic hydroxyl groups excluding tert-OH is 2. The third kappa shape index (κ3) is 2.51. The molecule has 0 radical (unpaired) electrons. The largest absolute Gasteiger partial charge is 0.459 e. The lowest BCUT2D eigenvalue weighted by molar-refractivity contribution is -0.168. The number of hydrogen-bond donors (Lipinski definition) is 2. The molecule has 1 fully saturated rings. The van der Waals surface area contributed by atoms with Crippen LogP contribution in [0.5, 0.6) is 0 Å². The maximum Gasteiger partial charge on any atom is 0.339 e. The number of cyclic esters (lactones) is 2. The molecule has 1 aliphatic rings. The van der Waals surface area contributed by atoms with Crippen molar-refractivity contribution in [1.82, 2.24) is 0 Å². The molecule has 0 unspecified atom stereocenters. The predicted molar refractivity (Wildman–Crippen MR) is 52.3 cm³/mol. The Balaban J connectivity index is 2.92. The van der Waals surface area contributed by atoms with Crippen molar-refractivity contribution in [2.45, 2.75) is 45.2 Å². The van der Waals surface area contributed by atoms with Gasteiger partial charge in [0.15, 0.2) is 6.10 Å². The first kappa shape index (κ1) is 12.9. The summed E-state index contributed by atoms with van der Waals surface area (Å²) in [5.74, 6) is -2.37. The van der Waals surface area contributed by atoms with Crippen LogP contribution in [0.25, 0.3) is 0 Å². The zero-order valence-electron chi connectivity index (χ0n) is 9.41. The smallest absolute Gasteiger partial charge is 0.339 e. The van der Waals surface area contributed by atoms with E-state index in [2.05, 4.69) is 0 Å². The molecule has 92 valence electrons. The minimum atomic E-state index is -1.52. The summed E-state index contributed by atoms with van der Waals surface area (Å²) in [5, 5.41) is 19.1. The fourth-order valence-electron chi connectivity index (χ4n) is 1.42. The van der Waals surface area contributed by atoms with Gasteiger partial charge in [0, 0.05) is 0 Å². The number of rotatable bonds is 0. The van der Waals surface area contributed by atoms with Gasteiger partial charge >= 0.3 is 11.9 Å². The molecule has 1 heterocycles. The van der Waals surface area contributed by atoms with Crippen molar-refractivity contribution in [2.75, 3.05) is 0 Å². The molecule has 0 aromatic heterocycles. The summed E-state index contributed by atoms with van der Waals surface area (Å²) in [6.45, 7) is 4.32. The fourth-order valence-corrected chi connectivity index (χ4v) is 1.42. The molecule has 6 heteroatoms. The summed E-state index contributed by atoms with van der Waals surface area (Å²) in [4.78, 5) is 22.8. The van der Waals surface area contributed by atoms with Crippen LogP contribution >= 0.6 is 0 Å². The molecule has 0 bridgehead atoms. The second kappa shape index (κ2) is 4.80. The monoisotopic (exact) mass is 232 g/mol. The van der Waals surface area contributed by atoms with Gasteiger partial charge < -0.3 is 19.7 Å². The first-order valence-corrected chi connectivity index (χ1v) is 5.11. The molecule has 2 N–H and O–H groups in total. The molecule has 16 heavy (non-hydrogen) atoms. The third-order valence-electron chi connectivity index (χ3n) is 2.66. The first-order valence-electron chi connectivity index (χ1n) is 5.11. The summed E-state index contributed by atoms with van der Waals surface area (Å²) >= 11 is 0. The van der Waals surface area contributed by atoms with E-state index in [1.807, 2.05) is 0 Å². The average molecular weight is 232 g/mol. The molecule has 0 aliphatic carbocycles. The number of hydrogen-bond acceptors (Lipinski definition) is 6. The third-order valence-corrected chi connectivity index (χ3v) is 2.66. The maximum atomic E-state index is 11.5. The van der Waals surface area contributed by atoms with Crippen LogP contribution in [0, 0.1) is 5.92 Å². The molecule has 0 saturated carbocycles. The Morgan fingerprint density at radius 1 is 0.938 bits per heavy atom. The molecular formula is C10H16O6. The highest BCUT2D eigenvalue weighted by molar-refractivity contribution is 5.78. The van der Waals surface area contributed by atoms with Gasteiger partial charge in [-0.2, -0.15) is 0 Å². The summed E-state index contributed by atoms with van der Waals surface area (Å²) < 4.78 is 9.65. The normalized spacial score (nSPS) is 41.4. The van der Waals surface area contributed by atoms with E-state index in [-0.39, 0.29) is 0 Å². The number of aliphatic hydroxyl groups is 2. The Morgan fingerprint density at radius 2 is 1.44 bits per heavy atom. The van der Waals surface area contributed by atoms with E-state index in [0.717, 1.165) is 0 Å². The van der Waals surface area contributed by atoms with Crippen LogP contribution in [-0.4, -0.2) is 46.6 Å². The molecule has 0 aromatic carbocycles. The average Bonchev–Trinajstić information content (AvgIpc) is 2.25. The van der Waals surface area contributed by atoms with Crippen LogP contribution in [0.4, 0.5) is 0 Å². The van der Waals surface area contributed by atoms with Crippen molar-refractivity contribution in [3.63, 3.8) is 0 Å². The standard InChI is InChI=1S/C10H16O6/c1-4-7(11)5(2)16-10(14)8(12)6(3)15-9(4)13/h4-8,11-12H,1-3H3/t4-,5+,6-,7-,8+/m1/s1. The van der Waals surface area contributed by atoms with Gasteiger partial charge in [-0.25, -0.2) is 4.79 Å². The van der Waals surface area contributed by atoms with E-state index in [1.165, 1.54) is 20.8 Å². The first-order chi connectivity index (χ1) is 7.34. The fraction of sp³-hybridized carbons (Fsp3) is 0.800. The van der Waals surface area contributed by atoms with Crippen molar-refractivity contribution >= 4 is 11.9 Å². The van der Waals surface area contributed by atoms with Gasteiger partial charge in [-0.1, -0.05) is 0 Å². The van der Waals surface area contributed by atoms with Gasteiger partial charge in [-0.05, 0) is 20.8 Å². The molecule has 0 amide bonds. The maximum absolute atomic E-state index is 11.5. The van der Waals surface area contributed by atoms with E-state index in [9.17, 15) is 19.8 Å². The molecule has 0 aromatic rings. The van der Waals surface area contributed by atoms with Gasteiger partial charge in [-0.15, -0.1) is 0 Å². The molecule has 1 saturated heterocycles. The zero-order chi connectivity index (χ0) is 12.5. The van der Waals surface area contributed by atoms with Gasteiger partial charge in [0.25, 0.3) is 0 Å². The van der Waals surface area contributed by atoms with E-state index in [0.29, 0.717) is 0 Å². The zero-order valence-corrected chi connectivity index (χ0v) is 9.41. The molecule has 1 aliphatic heterocycles. The lowest BCUT2D eigenvalue weighted by atomic mass is 10.0. The highest BCUT2D eigenvalue weighted by atomic mass is 16.6. The second-order valence-electron chi connectivity index (χ2n) is 4.01. The van der Waals surface area contributed by atoms with Crippen molar-refractivity contribution in [3.8, 4) is 0 Å². The Labute approximate surface area is 93.2 Å². The molecular weight excluding hydrogens is 216 g/mol. The van der Waals surface area contributed by atoms with Gasteiger partial charge in [0.05, 0.1) is 5.92 Å². The Kier molecular flexibility index (Phi) is 3.88. The lowest BCUT2D eigenvalue weighted by Gasteiger charge is -2.21. The van der Waals surface area contributed by atoms with Crippen molar-refractivity contribution in [2.24, 2.45) is 5.92 Å². The Hall–Kier alpha value is -1.14. The lowest BCUT2D eigenvalue weighted by Crippen LogP contribution is -2.38. The number of ether oxygens (including phenoxy) is 2. The molecule has 6 nitrogen and oxygen atoms in total. The molecule has 5 atom stereocenters. The number of carbonyl (C=O) groups is 2. The van der Waals surface area contributed by atoms with Gasteiger partial charge in [0.1, 0.15) is 18.3 Å². The SMILES string of the molecule is C[C@@H]1OC(=O)[C@@H](O)[C@@H](C)OC(=O)[C@H](C)[C@H]1O. The highest BCUT2D eigenvalue weighted by Crippen LogP contribution is 2.17. The summed E-state index contributed by atoms with van der Waals surface area (Å²) in [6, 6.07) is 0. The van der Waals surface area contributed by atoms with Crippen LogP contribution in [0.1, 0.15) is 20.8 Å². The van der Waals surface area contributed by atoms with Crippen LogP contribution in [0.3, 0.4) is 0 Å². The van der Waals surface area contributed by atoms with Gasteiger partial charge in [-0.3, -0.25) is 4.79 Å². The van der Waals surface area contributed by atoms with E-state index < -0.39 is 42.3 Å². The van der Waals surface area contributed by atoms with Crippen LogP contribution in [0.2, 0.25) is 0 Å². The Bertz CT molecular complexity index is 289. The van der Waals surface area contributed by atoms with Crippen molar-refractivity contribution in [3.05, 3.63) is 0 Å². The Morgan fingerprint density at radius 3 is 2.00 bits per heavy atom. The van der Waals surface area contributed by atoms with E-state index in [1.54, 1.807) is 0 Å². The minimum absolute atomic E-state index is 0.663. The summed E-state index contributed by atoms with van der Waals surface area (Å²) in [5.41, 5.74) is 0. The van der Waals surface area contributed by atoms with Crippen molar-refractivity contribution < 1.29 is 29.3 Å². The topological polar surface area (TPSA) is 93.1 Å². The van der Waals surface area contributed by atoms with Crippen LogP contribution in [-0.2, 0) is 19.1 Å². The van der Waals surface area contributed by atoms with Crippen molar-refractivity contribution in [1.29, 1.82) is 0 Å².